The second-order valence-electron chi connectivity index (χ2n) is 19.9. The fraction of sp³-hybridized carbons (Fsp3) is 0.662. The Morgan fingerprint density at radius 3 is 1.29 bits per heavy atom. The van der Waals surface area contributed by atoms with Crippen LogP contribution in [0.25, 0.3) is 0 Å². The van der Waals surface area contributed by atoms with Gasteiger partial charge in [0.15, 0.2) is 24.6 Å². The zero-order valence-corrected chi connectivity index (χ0v) is 47.9. The zero-order valence-electron chi connectivity index (χ0n) is 47.9. The van der Waals surface area contributed by atoms with Crippen LogP contribution < -0.4 is 0 Å². The molecule has 0 aliphatic carbocycles. The first-order chi connectivity index (χ1) is 37.6. The molecule has 0 radical (unpaired) electrons. The Labute approximate surface area is 465 Å². The van der Waals surface area contributed by atoms with Gasteiger partial charge in [-0.2, -0.15) is 0 Å². The molecule has 1 saturated heterocycles. The van der Waals surface area contributed by atoms with Crippen molar-refractivity contribution in [1.82, 2.24) is 0 Å². The van der Waals surface area contributed by atoms with Crippen molar-refractivity contribution in [3.05, 3.63) is 109 Å². The summed E-state index contributed by atoms with van der Waals surface area (Å²) in [5.41, 5.74) is 0. The van der Waals surface area contributed by atoms with Crippen molar-refractivity contribution < 1.29 is 58.2 Å². The molecule has 0 aromatic rings. The Morgan fingerprint density at radius 1 is 0.442 bits per heavy atom. The van der Waals surface area contributed by atoms with Crippen molar-refractivity contribution in [3.8, 4) is 0 Å². The van der Waals surface area contributed by atoms with E-state index in [0.717, 1.165) is 128 Å². The lowest BCUT2D eigenvalue weighted by Gasteiger charge is -2.40. The van der Waals surface area contributed by atoms with Gasteiger partial charge in [-0.15, -0.1) is 0 Å². The Morgan fingerprint density at radius 2 is 0.818 bits per heavy atom. The van der Waals surface area contributed by atoms with Gasteiger partial charge in [-0.3, -0.25) is 14.4 Å². The average Bonchev–Trinajstić information content (AvgIpc) is 3.42. The molecule has 1 fully saturated rings. The van der Waals surface area contributed by atoms with E-state index in [0.29, 0.717) is 19.3 Å². The van der Waals surface area contributed by atoms with Crippen LogP contribution in [0.2, 0.25) is 0 Å². The van der Waals surface area contributed by atoms with Gasteiger partial charge in [0.05, 0.1) is 6.61 Å². The summed E-state index contributed by atoms with van der Waals surface area (Å²) in [5.74, 6) is -3.23. The molecule has 0 aromatic carbocycles. The van der Waals surface area contributed by atoms with Crippen LogP contribution in [0.4, 0.5) is 0 Å². The fourth-order valence-electron chi connectivity index (χ4n) is 8.28. The normalized spacial score (nSPS) is 18.8. The zero-order chi connectivity index (χ0) is 56.1. The van der Waals surface area contributed by atoms with E-state index in [2.05, 4.69) is 130 Å². The first kappa shape index (κ1) is 70.4. The highest BCUT2D eigenvalue weighted by molar-refractivity contribution is 5.74. The molecular formula is C65H104O12. The number of unbranched alkanes of at least 4 members (excludes halogenated alkanes) is 17. The number of esters is 3. The summed E-state index contributed by atoms with van der Waals surface area (Å²) >= 11 is 0. The predicted octanol–water partition coefficient (Wildman–Crippen LogP) is 15.4. The van der Waals surface area contributed by atoms with Gasteiger partial charge in [0, 0.05) is 19.3 Å². The van der Waals surface area contributed by atoms with Crippen LogP contribution in [0.3, 0.4) is 0 Å². The molecular weight excluding hydrogens is 973 g/mol. The number of hydrogen-bond acceptors (Lipinski definition) is 11. The topological polar surface area (TPSA) is 175 Å². The maximum atomic E-state index is 13.1. The van der Waals surface area contributed by atoms with Crippen molar-refractivity contribution >= 4 is 23.9 Å². The van der Waals surface area contributed by atoms with Gasteiger partial charge < -0.3 is 39.0 Å². The van der Waals surface area contributed by atoms with Crippen molar-refractivity contribution in [2.24, 2.45) is 0 Å². The molecule has 0 bridgehead atoms. The molecule has 12 nitrogen and oxygen atoms in total. The average molecular weight is 1080 g/mol. The number of carboxylic acid groups (broad SMARTS) is 1. The fourth-order valence-corrected chi connectivity index (χ4v) is 8.28. The number of carbonyl (C=O) groups is 4. The summed E-state index contributed by atoms with van der Waals surface area (Å²) in [4.78, 5) is 51.1. The van der Waals surface area contributed by atoms with E-state index in [1.54, 1.807) is 0 Å². The number of carboxylic acids is 1. The second kappa shape index (κ2) is 52.1. The maximum Gasteiger partial charge on any atom is 0.335 e. The van der Waals surface area contributed by atoms with E-state index in [1.807, 2.05) is 0 Å². The van der Waals surface area contributed by atoms with Crippen molar-refractivity contribution in [2.45, 2.75) is 263 Å². The summed E-state index contributed by atoms with van der Waals surface area (Å²) in [7, 11) is 0. The third-order valence-corrected chi connectivity index (χ3v) is 12.8. The van der Waals surface area contributed by atoms with Crippen LogP contribution in [0.1, 0.15) is 226 Å². The molecule has 1 aliphatic heterocycles. The number of carbonyl (C=O) groups excluding carboxylic acids is 3. The highest BCUT2D eigenvalue weighted by Gasteiger charge is 2.50. The maximum absolute atomic E-state index is 13.1. The molecule has 77 heavy (non-hydrogen) atoms. The third-order valence-electron chi connectivity index (χ3n) is 12.8. The SMILES string of the molecule is CC/C=C\C/C=C\C/C=C\C/C=C\CCCCCCC(=O)OCC(COC1OC(C(=O)O)C(O)C(O)C1OC(=O)CCCCCCC/C=C\CCCCCCCC)OC(=O)CCCC/C=C\C/C=C\C/C=C\C/C=C\CC. The van der Waals surface area contributed by atoms with E-state index >= 15 is 0 Å². The Bertz CT molecular complexity index is 1750. The van der Waals surface area contributed by atoms with Gasteiger partial charge in [0.2, 0.25) is 0 Å². The number of aliphatic hydroxyl groups excluding tert-OH is 2. The van der Waals surface area contributed by atoms with Crippen molar-refractivity contribution in [2.75, 3.05) is 13.2 Å². The van der Waals surface area contributed by atoms with Crippen LogP contribution in [-0.4, -0.2) is 89.2 Å². The van der Waals surface area contributed by atoms with Crippen LogP contribution >= 0.6 is 0 Å². The quantitative estimate of drug-likeness (QED) is 0.0228. The lowest BCUT2D eigenvalue weighted by molar-refractivity contribution is -0.301. The molecule has 0 aromatic heterocycles. The molecule has 6 unspecified atom stereocenters. The summed E-state index contributed by atoms with van der Waals surface area (Å²) in [6.45, 7) is 5.69. The van der Waals surface area contributed by atoms with Crippen LogP contribution in [0, 0.1) is 0 Å². The highest BCUT2D eigenvalue weighted by atomic mass is 16.7. The van der Waals surface area contributed by atoms with Crippen LogP contribution in [0.15, 0.2) is 109 Å². The molecule has 0 spiro atoms. The van der Waals surface area contributed by atoms with E-state index in [1.165, 1.54) is 38.5 Å². The highest BCUT2D eigenvalue weighted by Crippen LogP contribution is 2.26. The van der Waals surface area contributed by atoms with Crippen molar-refractivity contribution in [1.29, 1.82) is 0 Å². The summed E-state index contributed by atoms with van der Waals surface area (Å²) < 4.78 is 28.4. The molecule has 1 heterocycles. The first-order valence-corrected chi connectivity index (χ1v) is 29.9. The lowest BCUT2D eigenvalue weighted by atomic mass is 9.98. The summed E-state index contributed by atoms with van der Waals surface area (Å²) in [6, 6.07) is 0. The van der Waals surface area contributed by atoms with Crippen molar-refractivity contribution in [3.63, 3.8) is 0 Å². The van der Waals surface area contributed by atoms with E-state index in [-0.39, 0.29) is 25.9 Å². The van der Waals surface area contributed by atoms with E-state index in [4.69, 9.17) is 23.7 Å². The standard InChI is InChI=1S/C65H104O12/c1-4-7-10-13-16-19-22-25-28-29-32-33-36-39-42-45-48-51-57(66)73-54-56(75-58(67)52-49-46-43-40-37-34-30-26-23-20-17-14-11-8-5-2)55-74-65-63(61(70)60(69)62(77-65)64(71)72)76-59(68)53-50-47-44-41-38-35-31-27-24-21-18-15-12-9-6-3/h7-8,10-11,16-17,19-20,25-28,30-33,37,40,56,60-63,65,69-70H,4-6,9,12-15,18,21-24,29,34-36,38-39,41-55H2,1-3H3,(H,71,72)/b10-7-,11-8-,19-16-,20-17-,28-25-,30-26-,31-27-,33-32-,40-37-. The van der Waals surface area contributed by atoms with Gasteiger partial charge in [-0.1, -0.05) is 194 Å². The van der Waals surface area contributed by atoms with E-state index < -0.39 is 67.3 Å². The number of hydrogen-bond donors (Lipinski definition) is 3. The van der Waals surface area contributed by atoms with Crippen LogP contribution in [0.5, 0.6) is 0 Å². The van der Waals surface area contributed by atoms with Gasteiger partial charge in [-0.25, -0.2) is 4.79 Å². The minimum absolute atomic E-state index is 0.0380. The first-order valence-electron chi connectivity index (χ1n) is 29.9. The minimum atomic E-state index is -1.92. The predicted molar refractivity (Wildman–Crippen MR) is 312 cm³/mol. The molecule has 1 rings (SSSR count). The molecule has 1 aliphatic rings. The molecule has 436 valence electrons. The monoisotopic (exact) mass is 1080 g/mol. The summed E-state index contributed by atoms with van der Waals surface area (Å²) in [5, 5.41) is 31.5. The van der Waals surface area contributed by atoms with Gasteiger partial charge >= 0.3 is 23.9 Å². The van der Waals surface area contributed by atoms with Gasteiger partial charge in [0.25, 0.3) is 0 Å². The molecule has 3 N–H and O–H groups in total. The second-order valence-corrected chi connectivity index (χ2v) is 19.9. The molecule has 6 atom stereocenters. The summed E-state index contributed by atoms with van der Waals surface area (Å²) in [6.07, 6.45) is 57.7. The molecule has 0 saturated carbocycles. The van der Waals surface area contributed by atoms with Gasteiger partial charge in [-0.05, 0) is 122 Å². The molecule has 0 amide bonds. The molecule has 12 heteroatoms. The largest absolute Gasteiger partial charge is 0.479 e. The Balaban J connectivity index is 2.75. The minimum Gasteiger partial charge on any atom is -0.479 e. The smallest absolute Gasteiger partial charge is 0.335 e. The number of allylic oxidation sites excluding steroid dienone is 18. The number of aliphatic carboxylic acids is 1. The van der Waals surface area contributed by atoms with E-state index in [9.17, 15) is 34.5 Å². The third kappa shape index (κ3) is 42.1. The number of rotatable bonds is 49. The Hall–Kier alpha value is -4.62. The number of aliphatic hydroxyl groups is 2. The van der Waals surface area contributed by atoms with Gasteiger partial charge in [0.1, 0.15) is 18.8 Å². The van der Waals surface area contributed by atoms with Crippen LogP contribution in [-0.2, 0) is 42.9 Å². The number of ether oxygens (including phenoxy) is 5. The Kier molecular flexibility index (Phi) is 47.6. The lowest BCUT2D eigenvalue weighted by Crippen LogP contribution is -2.61.